The molecule has 0 spiro atoms. The highest BCUT2D eigenvalue weighted by Gasteiger charge is 2.44. The summed E-state index contributed by atoms with van der Waals surface area (Å²) < 4.78 is 11.4. The molecule has 6 nitrogen and oxygen atoms in total. The first-order valence-corrected chi connectivity index (χ1v) is 11.2. The zero-order valence-corrected chi connectivity index (χ0v) is 18.9. The molecule has 4 N–H and O–H groups in total. The van der Waals surface area contributed by atoms with Gasteiger partial charge in [-0.25, -0.2) is 0 Å². The van der Waals surface area contributed by atoms with Crippen molar-refractivity contribution in [1.29, 1.82) is 0 Å². The summed E-state index contributed by atoms with van der Waals surface area (Å²) >= 11 is 6.60. The Morgan fingerprint density at radius 2 is 1.72 bits per heavy atom. The number of halogens is 1. The minimum absolute atomic E-state index is 0.196. The number of benzene rings is 2. The highest BCUT2D eigenvalue weighted by molar-refractivity contribution is 6.31. The molecule has 0 amide bonds. The van der Waals surface area contributed by atoms with Crippen LogP contribution >= 0.6 is 11.6 Å². The summed E-state index contributed by atoms with van der Waals surface area (Å²) in [6.45, 7) is 5.78. The van der Waals surface area contributed by atoms with Gasteiger partial charge in [0.25, 0.3) is 0 Å². The third kappa shape index (κ3) is 5.58. The van der Waals surface area contributed by atoms with Crippen molar-refractivity contribution in [2.45, 2.75) is 56.9 Å². The summed E-state index contributed by atoms with van der Waals surface area (Å²) in [5.74, 6) is 0. The van der Waals surface area contributed by atoms with Gasteiger partial charge in [-0.15, -0.1) is 6.58 Å². The maximum Gasteiger partial charge on any atom is 0.113 e. The van der Waals surface area contributed by atoms with E-state index in [0.29, 0.717) is 29.2 Å². The molecule has 32 heavy (non-hydrogen) atoms. The third-order valence-corrected chi connectivity index (χ3v) is 6.18. The van der Waals surface area contributed by atoms with Crippen molar-refractivity contribution in [3.05, 3.63) is 81.9 Å². The van der Waals surface area contributed by atoms with Crippen molar-refractivity contribution in [2.24, 2.45) is 0 Å². The van der Waals surface area contributed by atoms with Crippen LogP contribution in [0.2, 0.25) is 5.02 Å². The maximum absolute atomic E-state index is 10.7. The lowest BCUT2D eigenvalue weighted by molar-refractivity contribution is -0.232. The number of aliphatic hydroxyl groups is 4. The van der Waals surface area contributed by atoms with Gasteiger partial charge >= 0.3 is 0 Å². The smallest absolute Gasteiger partial charge is 0.113 e. The van der Waals surface area contributed by atoms with E-state index in [2.05, 4.69) is 37.8 Å². The van der Waals surface area contributed by atoms with Crippen LogP contribution < -0.4 is 0 Å². The zero-order chi connectivity index (χ0) is 23.3. The van der Waals surface area contributed by atoms with E-state index < -0.39 is 37.1 Å². The van der Waals surface area contributed by atoms with Gasteiger partial charge in [0.15, 0.2) is 0 Å². The first kappa shape index (κ1) is 24.9. The first-order chi connectivity index (χ1) is 15.4. The van der Waals surface area contributed by atoms with Gasteiger partial charge in [0.2, 0.25) is 0 Å². The minimum atomic E-state index is -1.46. The first-order valence-electron chi connectivity index (χ1n) is 10.8. The van der Waals surface area contributed by atoms with Gasteiger partial charge in [-0.3, -0.25) is 0 Å². The lowest BCUT2D eigenvalue weighted by atomic mass is 9.87. The van der Waals surface area contributed by atoms with E-state index in [4.69, 9.17) is 21.1 Å². The van der Waals surface area contributed by atoms with Gasteiger partial charge in [-0.2, -0.15) is 0 Å². The number of rotatable bonds is 9. The van der Waals surface area contributed by atoms with Gasteiger partial charge in [0.05, 0.1) is 19.8 Å². The molecule has 1 fully saturated rings. The van der Waals surface area contributed by atoms with Crippen LogP contribution in [0.3, 0.4) is 0 Å². The van der Waals surface area contributed by atoms with Gasteiger partial charge in [-0.05, 0) is 46.7 Å². The minimum Gasteiger partial charge on any atom is -0.394 e. The van der Waals surface area contributed by atoms with Crippen LogP contribution in [-0.4, -0.2) is 58.1 Å². The number of aliphatic hydroxyl groups excluding tert-OH is 4. The molecule has 0 unspecified atom stereocenters. The molecule has 0 radical (unpaired) electrons. The van der Waals surface area contributed by atoms with E-state index in [9.17, 15) is 20.4 Å². The number of ether oxygens (including phenoxy) is 2. The predicted molar refractivity (Wildman–Crippen MR) is 123 cm³/mol. The molecular weight excluding hydrogens is 432 g/mol. The fourth-order valence-electron chi connectivity index (χ4n) is 3.93. The second-order valence-electron chi connectivity index (χ2n) is 8.04. The van der Waals surface area contributed by atoms with Crippen LogP contribution in [0.25, 0.3) is 0 Å². The van der Waals surface area contributed by atoms with Crippen molar-refractivity contribution in [2.75, 3.05) is 13.2 Å². The highest BCUT2D eigenvalue weighted by atomic mass is 35.5. The average molecular weight is 463 g/mol. The zero-order valence-electron chi connectivity index (χ0n) is 18.2. The molecule has 0 aromatic heterocycles. The summed E-state index contributed by atoms with van der Waals surface area (Å²) in [6, 6.07) is 11.9. The topological polar surface area (TPSA) is 99.4 Å². The number of aryl methyl sites for hydroxylation is 1. The lowest BCUT2D eigenvalue weighted by Crippen LogP contribution is -2.55. The lowest BCUT2D eigenvalue weighted by Gasteiger charge is -2.41. The Bertz CT molecular complexity index is 898. The molecule has 1 saturated heterocycles. The molecule has 1 aliphatic rings. The van der Waals surface area contributed by atoms with Crippen LogP contribution in [0.1, 0.15) is 40.8 Å². The second kappa shape index (κ2) is 11.4. The Balaban J connectivity index is 1.98. The van der Waals surface area contributed by atoms with Gasteiger partial charge in [0, 0.05) is 5.02 Å². The largest absolute Gasteiger partial charge is 0.394 e. The fourth-order valence-corrected chi connectivity index (χ4v) is 4.18. The standard InChI is InChI=1S/C25H31ClO6/c1-3-9-31-14-18-12-20(26)17(10-16-7-5-15(4-2)6-8-16)11-19(18)25-24(30)23(29)22(28)21(13-27)32-25/h3,5-8,11-12,21-25,27-30H,1,4,9-10,13-14H2,2H3/t21-,22-,23+,24-,25+/m1/s1. The third-order valence-electron chi connectivity index (χ3n) is 5.83. The molecule has 0 aliphatic carbocycles. The molecule has 2 aromatic carbocycles. The highest BCUT2D eigenvalue weighted by Crippen LogP contribution is 2.37. The Kier molecular flexibility index (Phi) is 8.85. The van der Waals surface area contributed by atoms with Gasteiger partial charge in [-0.1, -0.05) is 54.9 Å². The average Bonchev–Trinajstić information content (AvgIpc) is 2.80. The van der Waals surface area contributed by atoms with Crippen molar-refractivity contribution >= 4 is 11.6 Å². The summed E-state index contributed by atoms with van der Waals surface area (Å²) in [4.78, 5) is 0. The number of hydrogen-bond acceptors (Lipinski definition) is 6. The second-order valence-corrected chi connectivity index (χ2v) is 8.45. The Morgan fingerprint density at radius 1 is 1.03 bits per heavy atom. The Labute approximate surface area is 193 Å². The predicted octanol–water partition coefficient (Wildman–Crippen LogP) is 2.71. The van der Waals surface area contributed by atoms with E-state index in [-0.39, 0.29) is 6.61 Å². The van der Waals surface area contributed by atoms with E-state index >= 15 is 0 Å². The van der Waals surface area contributed by atoms with E-state index in [1.54, 1.807) is 12.1 Å². The van der Waals surface area contributed by atoms with E-state index in [0.717, 1.165) is 17.5 Å². The van der Waals surface area contributed by atoms with Crippen LogP contribution in [0.5, 0.6) is 0 Å². The van der Waals surface area contributed by atoms with Crippen LogP contribution in [0, 0.1) is 0 Å². The van der Waals surface area contributed by atoms with Crippen LogP contribution in [0.15, 0.2) is 49.1 Å². The van der Waals surface area contributed by atoms with Gasteiger partial charge < -0.3 is 29.9 Å². The van der Waals surface area contributed by atoms with E-state index in [1.165, 1.54) is 5.56 Å². The molecule has 1 aliphatic heterocycles. The monoisotopic (exact) mass is 462 g/mol. The molecule has 7 heteroatoms. The summed E-state index contributed by atoms with van der Waals surface area (Å²) in [5.41, 5.74) is 4.44. The van der Waals surface area contributed by atoms with Crippen molar-refractivity contribution < 1.29 is 29.9 Å². The van der Waals surface area contributed by atoms with Crippen LogP contribution in [0.4, 0.5) is 0 Å². The molecular formula is C25H31ClO6. The molecule has 174 valence electrons. The summed E-state index contributed by atoms with van der Waals surface area (Å²) in [5, 5.41) is 41.2. The van der Waals surface area contributed by atoms with Crippen molar-refractivity contribution in [1.82, 2.24) is 0 Å². The molecule has 0 bridgehead atoms. The molecule has 5 atom stereocenters. The van der Waals surface area contributed by atoms with Crippen LogP contribution in [-0.2, 0) is 28.9 Å². The quantitative estimate of drug-likeness (QED) is 0.338. The fraction of sp³-hybridized carbons (Fsp3) is 0.440. The van der Waals surface area contributed by atoms with Crippen molar-refractivity contribution in [3.8, 4) is 0 Å². The Hall–Kier alpha value is -1.77. The van der Waals surface area contributed by atoms with Gasteiger partial charge in [0.1, 0.15) is 30.5 Å². The summed E-state index contributed by atoms with van der Waals surface area (Å²) in [6.07, 6.45) is -3.08. The normalized spacial score (nSPS) is 25.6. The molecule has 1 heterocycles. The molecule has 0 saturated carbocycles. The van der Waals surface area contributed by atoms with Crippen molar-refractivity contribution in [3.63, 3.8) is 0 Å². The molecule has 3 rings (SSSR count). The maximum atomic E-state index is 10.7. The molecule has 2 aromatic rings. The SMILES string of the molecule is C=CCOCc1cc(Cl)c(Cc2ccc(CC)cc2)cc1[C@@H]1O[C@H](CO)[C@@H](O)[C@H](O)[C@H]1O. The Morgan fingerprint density at radius 3 is 2.34 bits per heavy atom. The van der Waals surface area contributed by atoms with E-state index in [1.807, 2.05) is 6.07 Å². The number of hydrogen-bond donors (Lipinski definition) is 4. The summed E-state index contributed by atoms with van der Waals surface area (Å²) in [7, 11) is 0.